The number of hydrogen-bond donors (Lipinski definition) is 1. The third kappa shape index (κ3) is 2.97. The van der Waals surface area contributed by atoms with E-state index in [9.17, 15) is 4.79 Å². The Labute approximate surface area is 127 Å². The molecule has 2 rings (SSSR count). The van der Waals surface area contributed by atoms with Crippen molar-refractivity contribution in [2.24, 2.45) is 18.9 Å². The van der Waals surface area contributed by atoms with Gasteiger partial charge in [-0.3, -0.25) is 4.79 Å². The third-order valence-electron chi connectivity index (χ3n) is 3.45. The molecule has 91 valence electrons. The van der Waals surface area contributed by atoms with Gasteiger partial charge in [0, 0.05) is 51.5 Å². The molecule has 17 heavy (non-hydrogen) atoms. The van der Waals surface area contributed by atoms with Crippen molar-refractivity contribution in [3.63, 3.8) is 0 Å². The van der Waals surface area contributed by atoms with E-state index in [0.29, 0.717) is 17.8 Å². The normalized spacial score (nSPS) is 27.8. The number of aryl methyl sites for hydroxylation is 1. The van der Waals surface area contributed by atoms with Gasteiger partial charge in [0.15, 0.2) is 0 Å². The van der Waals surface area contributed by atoms with Crippen LogP contribution < -0.4 is 11.3 Å². The van der Waals surface area contributed by atoms with Crippen LogP contribution in [0.5, 0.6) is 0 Å². The Balaban J connectivity index is 0.00000144. The quantitative estimate of drug-likeness (QED) is 0.796. The molecule has 0 spiro atoms. The molecule has 0 aromatic carbocycles. The first-order valence-electron chi connectivity index (χ1n) is 5.67. The monoisotopic (exact) mass is 309 g/mol. The summed E-state index contributed by atoms with van der Waals surface area (Å²) in [5, 5.41) is 0. The minimum atomic E-state index is -0.171. The van der Waals surface area contributed by atoms with Crippen LogP contribution in [-0.2, 0) is 39.8 Å². The van der Waals surface area contributed by atoms with Gasteiger partial charge in [-0.2, -0.15) is 16.8 Å². The van der Waals surface area contributed by atoms with Crippen molar-refractivity contribution in [2.75, 3.05) is 5.73 Å². The van der Waals surface area contributed by atoms with Crippen molar-refractivity contribution in [2.45, 2.75) is 26.2 Å². The van der Waals surface area contributed by atoms with Crippen LogP contribution in [0.2, 0.25) is 0 Å². The Morgan fingerprint density at radius 2 is 2.18 bits per heavy atom. The Hall–Kier alpha value is -0.216. The largest absolute Gasteiger partial charge is 0.369 e. The van der Waals surface area contributed by atoms with Crippen LogP contribution in [0.15, 0.2) is 11.0 Å². The maximum Gasteiger partial charge on any atom is 0.277 e. The molecule has 1 aliphatic carbocycles. The van der Waals surface area contributed by atoms with Crippen LogP contribution in [0, 0.1) is 18.3 Å². The number of nitrogen functional groups attached to an aromatic ring is 1. The average molecular weight is 309 g/mol. The smallest absolute Gasteiger partial charge is 0.277 e. The second kappa shape index (κ2) is 5.62. The molecule has 0 bridgehead atoms. The summed E-state index contributed by atoms with van der Waals surface area (Å²) in [6.45, 7) is 4.34. The first kappa shape index (κ1) is 14.8. The molecule has 1 aliphatic rings. The summed E-state index contributed by atoms with van der Waals surface area (Å²) >= 11 is 0. The minimum absolute atomic E-state index is 0. The van der Waals surface area contributed by atoms with E-state index >= 15 is 0 Å². The number of hydrogen-bond acceptors (Lipinski definition) is 3. The Kier molecular flexibility index (Phi) is 4.90. The molecule has 2 N–H and O–H groups in total. The summed E-state index contributed by atoms with van der Waals surface area (Å²) in [7, 11) is 1.82. The molecule has 0 unspecified atom stereocenters. The first-order valence-corrected chi connectivity index (χ1v) is 5.67. The van der Waals surface area contributed by atoms with Gasteiger partial charge in [-0.15, -0.1) is 0 Å². The fourth-order valence-corrected chi connectivity index (χ4v) is 2.59. The molecule has 0 amide bonds. The fraction of sp³-hybridized carbons (Fsp3) is 0.583. The van der Waals surface area contributed by atoms with Gasteiger partial charge in [0.2, 0.25) is 5.95 Å². The van der Waals surface area contributed by atoms with Gasteiger partial charge in [0.1, 0.15) is 0 Å². The second-order valence-corrected chi connectivity index (χ2v) is 4.84. The van der Waals surface area contributed by atoms with E-state index in [-0.39, 0.29) is 44.2 Å². The Morgan fingerprint density at radius 1 is 1.53 bits per heavy atom. The SMILES string of the molecule is C[C@@H]1[CH-][C@@H](C)[C@H](c2cn(C)c(N)nc2=O)C1.[Y]. The predicted molar refractivity (Wildman–Crippen MR) is 63.9 cm³/mol. The summed E-state index contributed by atoms with van der Waals surface area (Å²) in [5.41, 5.74) is 6.22. The summed E-state index contributed by atoms with van der Waals surface area (Å²) < 4.78 is 1.71. The number of aromatic nitrogens is 2. The molecule has 1 radical (unpaired) electrons. The van der Waals surface area contributed by atoms with Crippen molar-refractivity contribution < 1.29 is 32.7 Å². The van der Waals surface area contributed by atoms with E-state index in [1.165, 1.54) is 0 Å². The zero-order chi connectivity index (χ0) is 11.9. The van der Waals surface area contributed by atoms with Crippen molar-refractivity contribution in [3.05, 3.63) is 28.5 Å². The van der Waals surface area contributed by atoms with E-state index < -0.39 is 0 Å². The molecule has 1 aromatic heterocycles. The van der Waals surface area contributed by atoms with Crippen molar-refractivity contribution in [3.8, 4) is 0 Å². The van der Waals surface area contributed by atoms with Crippen molar-refractivity contribution in [1.29, 1.82) is 0 Å². The van der Waals surface area contributed by atoms with Gasteiger partial charge < -0.3 is 16.7 Å². The predicted octanol–water partition coefficient (Wildman–Crippen LogP) is 1.32. The molecule has 4 nitrogen and oxygen atoms in total. The number of nitrogens with zero attached hydrogens (tertiary/aromatic N) is 2. The molecule has 1 saturated carbocycles. The summed E-state index contributed by atoms with van der Waals surface area (Å²) in [6, 6.07) is 0. The molecule has 3 atom stereocenters. The third-order valence-corrected chi connectivity index (χ3v) is 3.45. The zero-order valence-corrected chi connectivity index (χ0v) is 13.4. The molecule has 5 heteroatoms. The molecular weight excluding hydrogens is 291 g/mol. The number of rotatable bonds is 1. The van der Waals surface area contributed by atoms with Gasteiger partial charge >= 0.3 is 0 Å². The summed E-state index contributed by atoms with van der Waals surface area (Å²) in [5.74, 6) is 1.58. The molecule has 0 saturated heterocycles. The molecule has 1 heterocycles. The van der Waals surface area contributed by atoms with E-state index in [2.05, 4.69) is 25.3 Å². The van der Waals surface area contributed by atoms with E-state index in [1.807, 2.05) is 13.2 Å². The molecular formula is C12H18N3OY-. The van der Waals surface area contributed by atoms with Gasteiger partial charge in [0.05, 0.1) is 0 Å². The van der Waals surface area contributed by atoms with E-state index in [1.54, 1.807) is 4.57 Å². The first-order chi connectivity index (χ1) is 7.49. The topological polar surface area (TPSA) is 60.9 Å². The Bertz CT molecular complexity index is 458. The minimum Gasteiger partial charge on any atom is -0.369 e. The molecule has 0 aliphatic heterocycles. The van der Waals surface area contributed by atoms with Crippen LogP contribution in [0.1, 0.15) is 31.7 Å². The van der Waals surface area contributed by atoms with Gasteiger partial charge in [0.25, 0.3) is 5.56 Å². The zero-order valence-electron chi connectivity index (χ0n) is 10.6. The fourth-order valence-electron chi connectivity index (χ4n) is 2.59. The van der Waals surface area contributed by atoms with Gasteiger partial charge in [-0.25, -0.2) is 0 Å². The van der Waals surface area contributed by atoms with Crippen LogP contribution in [0.25, 0.3) is 0 Å². The summed E-state index contributed by atoms with van der Waals surface area (Å²) in [6.07, 6.45) is 5.17. The van der Waals surface area contributed by atoms with Gasteiger partial charge in [-0.1, -0.05) is 20.3 Å². The van der Waals surface area contributed by atoms with Gasteiger partial charge in [-0.05, 0) is 5.92 Å². The van der Waals surface area contributed by atoms with Crippen molar-refractivity contribution in [1.82, 2.24) is 9.55 Å². The van der Waals surface area contributed by atoms with Crippen LogP contribution in [0.4, 0.5) is 5.95 Å². The molecule has 1 aromatic rings. The average Bonchev–Trinajstić information content (AvgIpc) is 2.51. The maximum atomic E-state index is 11.8. The second-order valence-electron chi connectivity index (χ2n) is 4.84. The summed E-state index contributed by atoms with van der Waals surface area (Å²) in [4.78, 5) is 15.7. The van der Waals surface area contributed by atoms with Crippen LogP contribution in [0.3, 0.4) is 0 Å². The van der Waals surface area contributed by atoms with Crippen LogP contribution >= 0.6 is 0 Å². The maximum absolute atomic E-state index is 11.8. The number of anilines is 1. The van der Waals surface area contributed by atoms with E-state index in [0.717, 1.165) is 12.0 Å². The Morgan fingerprint density at radius 3 is 2.71 bits per heavy atom. The number of nitrogens with two attached hydrogens (primary N) is 1. The van der Waals surface area contributed by atoms with E-state index in [4.69, 9.17) is 5.73 Å². The standard InChI is InChI=1S/C12H18N3O.Y/c1-7-4-8(2)9(5-7)10-6-15(3)12(13)14-11(10)16;/h4,6-9H,5H2,1-3H3,(H2,13,14,16);/q-1;/t7-,8-,9-;/m1./s1. The molecule has 1 fully saturated rings. The van der Waals surface area contributed by atoms with Crippen molar-refractivity contribution >= 4 is 5.95 Å². The van der Waals surface area contributed by atoms with Crippen LogP contribution in [-0.4, -0.2) is 9.55 Å².